The summed E-state index contributed by atoms with van der Waals surface area (Å²) in [5.41, 5.74) is 2.11. The van der Waals surface area contributed by atoms with Crippen LogP contribution in [0, 0.1) is 17.0 Å². The van der Waals surface area contributed by atoms with Crippen LogP contribution in [0.2, 0.25) is 0 Å². The number of aromatic nitrogens is 1. The van der Waals surface area contributed by atoms with E-state index in [0.717, 1.165) is 15.6 Å². The highest BCUT2D eigenvalue weighted by molar-refractivity contribution is 9.10. The van der Waals surface area contributed by atoms with Gasteiger partial charge >= 0.3 is 5.91 Å². The molecule has 10 nitrogen and oxygen atoms in total. The Morgan fingerprint density at radius 1 is 1.11 bits per heavy atom. The first-order valence-corrected chi connectivity index (χ1v) is 11.7. The van der Waals surface area contributed by atoms with Crippen LogP contribution in [0.5, 0.6) is 5.88 Å². The number of nitrogens with zero attached hydrogens (tertiary/aromatic N) is 4. The van der Waals surface area contributed by atoms with Crippen LogP contribution in [-0.4, -0.2) is 26.4 Å². The first-order chi connectivity index (χ1) is 17.7. The monoisotopic (exact) mass is 561 g/mol. The lowest BCUT2D eigenvalue weighted by Gasteiger charge is -2.07. The van der Waals surface area contributed by atoms with Gasteiger partial charge in [-0.1, -0.05) is 34.1 Å². The summed E-state index contributed by atoms with van der Waals surface area (Å²) in [7, 11) is 1.67. The van der Waals surface area contributed by atoms with E-state index in [-0.39, 0.29) is 23.0 Å². The zero-order valence-corrected chi connectivity index (χ0v) is 21.3. The molecule has 0 saturated carbocycles. The molecule has 0 spiro atoms. The minimum absolute atomic E-state index is 0.0966. The van der Waals surface area contributed by atoms with Gasteiger partial charge < -0.3 is 15.0 Å². The number of nitro groups is 1. The van der Waals surface area contributed by atoms with E-state index < -0.39 is 16.7 Å². The van der Waals surface area contributed by atoms with Gasteiger partial charge in [0, 0.05) is 34.6 Å². The van der Waals surface area contributed by atoms with Crippen LogP contribution in [0.3, 0.4) is 0 Å². The van der Waals surface area contributed by atoms with Crippen molar-refractivity contribution in [1.82, 2.24) is 9.88 Å². The number of aryl methyl sites for hydroxylation is 2. The number of fused-ring (bicyclic) bond motifs is 1. The Kier molecular flexibility index (Phi) is 7.25. The highest BCUT2D eigenvalue weighted by atomic mass is 79.9. The Balaban J connectivity index is 1.72. The molecule has 3 aromatic carbocycles. The standard InChI is InChI=1S/C26H20BrN5O5/c1-15-12-18(27)14-20-22(26(35)31(2)23(15)20)29-30-25(34)21(28-24(33)17-6-4-3-5-7-17)13-16-8-10-19(11-9-16)32(36)37/h3-14,35H,1-2H3,(H,28,33)/b21-13-,30-29?. The van der Waals surface area contributed by atoms with Gasteiger partial charge in [0.1, 0.15) is 5.70 Å². The van der Waals surface area contributed by atoms with Crippen molar-refractivity contribution in [2.24, 2.45) is 17.3 Å². The van der Waals surface area contributed by atoms with Crippen molar-refractivity contribution in [1.29, 1.82) is 0 Å². The Morgan fingerprint density at radius 2 is 1.78 bits per heavy atom. The molecule has 0 aliphatic heterocycles. The second-order valence-corrected chi connectivity index (χ2v) is 9.00. The van der Waals surface area contributed by atoms with Crippen molar-refractivity contribution >= 4 is 56.1 Å². The van der Waals surface area contributed by atoms with Gasteiger partial charge in [0.25, 0.3) is 11.6 Å². The van der Waals surface area contributed by atoms with E-state index in [9.17, 15) is 24.8 Å². The molecule has 0 unspecified atom stereocenters. The number of nitrogens with one attached hydrogen (secondary N) is 1. The number of amides is 2. The summed E-state index contributed by atoms with van der Waals surface area (Å²) in [6, 6.07) is 17.4. The van der Waals surface area contributed by atoms with Gasteiger partial charge in [-0.05, 0) is 60.5 Å². The van der Waals surface area contributed by atoms with E-state index in [2.05, 4.69) is 31.5 Å². The van der Waals surface area contributed by atoms with E-state index in [0.29, 0.717) is 16.5 Å². The van der Waals surface area contributed by atoms with E-state index in [4.69, 9.17) is 0 Å². The maximum Gasteiger partial charge on any atom is 0.311 e. The van der Waals surface area contributed by atoms with Crippen molar-refractivity contribution in [3.05, 3.63) is 104 Å². The fraction of sp³-hybridized carbons (Fsp3) is 0.0769. The van der Waals surface area contributed by atoms with Crippen molar-refractivity contribution in [3.8, 4) is 5.88 Å². The largest absolute Gasteiger partial charge is 0.493 e. The van der Waals surface area contributed by atoms with E-state index in [1.54, 1.807) is 48.0 Å². The molecule has 0 atom stereocenters. The summed E-state index contributed by atoms with van der Waals surface area (Å²) in [5, 5.41) is 32.5. The molecule has 0 saturated heterocycles. The average Bonchev–Trinajstić information content (AvgIpc) is 3.11. The van der Waals surface area contributed by atoms with Gasteiger partial charge in [-0.15, -0.1) is 10.2 Å². The molecule has 4 aromatic rings. The predicted octanol–water partition coefficient (Wildman–Crippen LogP) is 5.94. The molecule has 2 N–H and O–H groups in total. The third kappa shape index (κ3) is 5.46. The summed E-state index contributed by atoms with van der Waals surface area (Å²) in [6.45, 7) is 1.88. The first kappa shape index (κ1) is 25.5. The fourth-order valence-electron chi connectivity index (χ4n) is 3.79. The van der Waals surface area contributed by atoms with E-state index >= 15 is 0 Å². The number of rotatable bonds is 6. The Bertz CT molecular complexity index is 1590. The number of aromatic hydroxyl groups is 1. The molecule has 37 heavy (non-hydrogen) atoms. The molecule has 0 radical (unpaired) electrons. The fourth-order valence-corrected chi connectivity index (χ4v) is 4.36. The van der Waals surface area contributed by atoms with Gasteiger partial charge in [0.05, 0.1) is 10.4 Å². The van der Waals surface area contributed by atoms with Crippen LogP contribution in [-0.2, 0) is 11.8 Å². The molecule has 4 rings (SSSR count). The van der Waals surface area contributed by atoms with Gasteiger partial charge in [-0.2, -0.15) is 0 Å². The lowest BCUT2D eigenvalue weighted by atomic mass is 10.1. The van der Waals surface area contributed by atoms with E-state index in [1.165, 1.54) is 30.3 Å². The van der Waals surface area contributed by atoms with Gasteiger partial charge in [-0.3, -0.25) is 19.7 Å². The maximum atomic E-state index is 13.1. The predicted molar refractivity (Wildman–Crippen MR) is 142 cm³/mol. The third-order valence-electron chi connectivity index (χ3n) is 5.56. The quantitative estimate of drug-likeness (QED) is 0.130. The number of azo groups is 1. The summed E-state index contributed by atoms with van der Waals surface area (Å²) in [5.74, 6) is -1.61. The molecular formula is C26H20BrN5O5. The van der Waals surface area contributed by atoms with Crippen molar-refractivity contribution in [2.45, 2.75) is 6.92 Å². The number of halogens is 1. The van der Waals surface area contributed by atoms with Gasteiger partial charge in [-0.25, -0.2) is 0 Å². The van der Waals surface area contributed by atoms with Crippen molar-refractivity contribution < 1.29 is 19.6 Å². The van der Waals surface area contributed by atoms with Gasteiger partial charge in [0.15, 0.2) is 5.69 Å². The lowest BCUT2D eigenvalue weighted by Crippen LogP contribution is -2.26. The average molecular weight is 562 g/mol. The SMILES string of the molecule is Cc1cc(Br)cc2c(N=NC(=O)/C(=C/c3ccc([N+](=O)[O-])cc3)NC(=O)c3ccccc3)c(O)n(C)c12. The molecule has 0 aliphatic carbocycles. The highest BCUT2D eigenvalue weighted by Crippen LogP contribution is 2.40. The van der Waals surface area contributed by atoms with Crippen LogP contribution in [0.4, 0.5) is 11.4 Å². The Morgan fingerprint density at radius 3 is 2.43 bits per heavy atom. The zero-order valence-electron chi connectivity index (χ0n) is 19.7. The van der Waals surface area contributed by atoms with Crippen LogP contribution in [0.1, 0.15) is 21.5 Å². The van der Waals surface area contributed by atoms with Crippen LogP contribution < -0.4 is 5.32 Å². The number of hydrogen-bond acceptors (Lipinski definition) is 6. The maximum absolute atomic E-state index is 13.1. The molecule has 0 aliphatic rings. The summed E-state index contributed by atoms with van der Waals surface area (Å²) in [6.07, 6.45) is 1.34. The molecule has 1 aromatic heterocycles. The minimum Gasteiger partial charge on any atom is -0.493 e. The summed E-state index contributed by atoms with van der Waals surface area (Å²) in [4.78, 5) is 36.3. The summed E-state index contributed by atoms with van der Waals surface area (Å²) < 4.78 is 2.31. The normalized spacial score (nSPS) is 11.7. The number of benzene rings is 3. The Hall–Kier alpha value is -4.64. The molecular weight excluding hydrogens is 542 g/mol. The number of hydrogen-bond donors (Lipinski definition) is 2. The van der Waals surface area contributed by atoms with Crippen LogP contribution >= 0.6 is 15.9 Å². The number of carbonyl (C=O) groups is 2. The number of carbonyl (C=O) groups excluding carboxylic acids is 2. The number of non-ortho nitro benzene ring substituents is 1. The molecule has 1 heterocycles. The molecule has 11 heteroatoms. The van der Waals surface area contributed by atoms with E-state index in [1.807, 2.05) is 13.0 Å². The topological polar surface area (TPSA) is 139 Å². The highest BCUT2D eigenvalue weighted by Gasteiger charge is 2.19. The molecule has 186 valence electrons. The zero-order chi connectivity index (χ0) is 26.7. The van der Waals surface area contributed by atoms with Crippen molar-refractivity contribution in [2.75, 3.05) is 0 Å². The van der Waals surface area contributed by atoms with Crippen molar-refractivity contribution in [3.63, 3.8) is 0 Å². The van der Waals surface area contributed by atoms with Crippen LogP contribution in [0.15, 0.2) is 87.1 Å². The number of nitro benzene ring substituents is 1. The first-order valence-electron chi connectivity index (χ1n) is 10.9. The molecule has 0 fully saturated rings. The summed E-state index contributed by atoms with van der Waals surface area (Å²) >= 11 is 3.43. The smallest absolute Gasteiger partial charge is 0.311 e. The van der Waals surface area contributed by atoms with Gasteiger partial charge in [0.2, 0.25) is 5.88 Å². The lowest BCUT2D eigenvalue weighted by molar-refractivity contribution is -0.384. The van der Waals surface area contributed by atoms with Crippen LogP contribution in [0.25, 0.3) is 17.0 Å². The molecule has 0 bridgehead atoms. The second kappa shape index (κ2) is 10.5. The second-order valence-electron chi connectivity index (χ2n) is 8.08. The minimum atomic E-state index is -0.884. The Labute approximate surface area is 219 Å². The third-order valence-corrected chi connectivity index (χ3v) is 6.01. The molecule has 2 amide bonds.